The second kappa shape index (κ2) is 14.3. The highest BCUT2D eigenvalue weighted by molar-refractivity contribution is 6.35. The van der Waals surface area contributed by atoms with Gasteiger partial charge in [0.05, 0.1) is 30.5 Å². The van der Waals surface area contributed by atoms with Crippen molar-refractivity contribution in [3.63, 3.8) is 0 Å². The number of carbonyl (C=O) groups is 1. The summed E-state index contributed by atoms with van der Waals surface area (Å²) in [7, 11) is 1.67. The van der Waals surface area contributed by atoms with Gasteiger partial charge in [0.25, 0.3) is 5.91 Å². The molecule has 5 rings (SSSR count). The molecule has 0 saturated heterocycles. The Kier molecular flexibility index (Phi) is 10.2. The third kappa shape index (κ3) is 7.09. The normalized spacial score (nSPS) is 13.8. The Balaban J connectivity index is 1.40. The van der Waals surface area contributed by atoms with E-state index in [2.05, 4.69) is 31.6 Å². The summed E-state index contributed by atoms with van der Waals surface area (Å²) in [4.78, 5) is 24.3. The summed E-state index contributed by atoms with van der Waals surface area (Å²) >= 11 is 7.07. The molecule has 1 aliphatic rings. The Morgan fingerprint density at radius 2 is 2.00 bits per heavy atom. The number of anilines is 1. The fourth-order valence-electron chi connectivity index (χ4n) is 5.61. The minimum Gasteiger partial charge on any atom is -0.496 e. The van der Waals surface area contributed by atoms with Gasteiger partial charge in [0, 0.05) is 67.5 Å². The van der Waals surface area contributed by atoms with Crippen molar-refractivity contribution in [3.8, 4) is 28.1 Å². The maximum absolute atomic E-state index is 13.1. The average Bonchev–Trinajstić information content (AvgIpc) is 3.02. The van der Waals surface area contributed by atoms with E-state index >= 15 is 0 Å². The Bertz CT molecular complexity index is 1610. The van der Waals surface area contributed by atoms with Gasteiger partial charge in [-0.2, -0.15) is 0 Å². The number of hydrogen-bond donors (Lipinski definition) is 4. The van der Waals surface area contributed by atoms with Crippen molar-refractivity contribution in [1.82, 2.24) is 20.2 Å². The first-order valence-corrected chi connectivity index (χ1v) is 15.1. The number of carbonyl (C=O) groups excluding carboxylic acids is 1. The maximum Gasteiger partial charge on any atom is 0.274 e. The number of fused-ring (bicyclic) bond motifs is 1. The molecule has 4 aromatic rings. The molecule has 0 unspecified atom stereocenters. The van der Waals surface area contributed by atoms with Gasteiger partial charge in [0.2, 0.25) is 0 Å². The van der Waals surface area contributed by atoms with Gasteiger partial charge in [0.1, 0.15) is 11.4 Å². The molecule has 0 saturated carbocycles. The van der Waals surface area contributed by atoms with E-state index < -0.39 is 6.10 Å². The van der Waals surface area contributed by atoms with Crippen LogP contribution in [0.5, 0.6) is 5.75 Å². The molecule has 3 heterocycles. The Morgan fingerprint density at radius 1 is 1.16 bits per heavy atom. The Labute approximate surface area is 262 Å². The second-order valence-corrected chi connectivity index (χ2v) is 11.4. The molecule has 9 nitrogen and oxygen atoms in total. The smallest absolute Gasteiger partial charge is 0.274 e. The molecule has 1 atom stereocenters. The van der Waals surface area contributed by atoms with Crippen molar-refractivity contribution in [2.45, 2.75) is 39.5 Å². The third-order valence-corrected chi connectivity index (χ3v) is 8.22. The number of aliphatic hydroxyl groups is 2. The van der Waals surface area contributed by atoms with Gasteiger partial charge in [-0.3, -0.25) is 19.7 Å². The summed E-state index contributed by atoms with van der Waals surface area (Å²) in [6.45, 7) is 7.05. The molecule has 2 aromatic heterocycles. The number of β-amino-alcohol motifs (C(OH)–C–C–N with tert-alkyl or cyclic N) is 1. The monoisotopic (exact) mass is 615 g/mol. The molecular formula is C34H38ClN5O4. The zero-order valence-electron chi connectivity index (χ0n) is 25.2. The minimum atomic E-state index is -0.392. The molecule has 10 heteroatoms. The first kappa shape index (κ1) is 31.6. The number of ether oxygens (including phenoxy) is 1. The van der Waals surface area contributed by atoms with E-state index in [9.17, 15) is 9.90 Å². The number of amides is 1. The van der Waals surface area contributed by atoms with Crippen LogP contribution in [0.15, 0.2) is 60.9 Å². The molecule has 44 heavy (non-hydrogen) atoms. The van der Waals surface area contributed by atoms with Crippen LogP contribution >= 0.6 is 11.6 Å². The first-order valence-electron chi connectivity index (χ1n) is 14.7. The van der Waals surface area contributed by atoms with E-state index in [0.29, 0.717) is 48.3 Å². The van der Waals surface area contributed by atoms with Crippen molar-refractivity contribution in [2.24, 2.45) is 0 Å². The maximum atomic E-state index is 13.1. The predicted octanol–water partition coefficient (Wildman–Crippen LogP) is 4.85. The van der Waals surface area contributed by atoms with Crippen LogP contribution in [0, 0.1) is 6.92 Å². The molecule has 0 aliphatic carbocycles. The topological polar surface area (TPSA) is 120 Å². The fraction of sp³-hybridized carbons (Fsp3) is 0.324. The summed E-state index contributed by atoms with van der Waals surface area (Å²) in [5.41, 5.74) is 8.29. The average molecular weight is 616 g/mol. The van der Waals surface area contributed by atoms with E-state index in [1.165, 1.54) is 5.56 Å². The summed E-state index contributed by atoms with van der Waals surface area (Å²) in [5, 5.41) is 25.4. The minimum absolute atomic E-state index is 0.0618. The lowest BCUT2D eigenvalue weighted by atomic mass is 9.93. The van der Waals surface area contributed by atoms with Gasteiger partial charge in [0.15, 0.2) is 0 Å². The van der Waals surface area contributed by atoms with E-state index in [-0.39, 0.29) is 12.5 Å². The fourth-order valence-corrected chi connectivity index (χ4v) is 5.94. The van der Waals surface area contributed by atoms with Gasteiger partial charge < -0.3 is 25.6 Å². The van der Waals surface area contributed by atoms with Crippen LogP contribution in [0.25, 0.3) is 22.4 Å². The predicted molar refractivity (Wildman–Crippen MR) is 173 cm³/mol. The van der Waals surface area contributed by atoms with E-state index in [1.54, 1.807) is 32.5 Å². The summed E-state index contributed by atoms with van der Waals surface area (Å²) in [6.07, 6.45) is 3.85. The first-order chi connectivity index (χ1) is 21.3. The quantitative estimate of drug-likeness (QED) is 0.177. The van der Waals surface area contributed by atoms with Crippen molar-refractivity contribution < 1.29 is 19.7 Å². The number of nitrogens with one attached hydrogen (secondary N) is 2. The van der Waals surface area contributed by atoms with Crippen LogP contribution in [0.2, 0.25) is 5.02 Å². The number of aromatic nitrogens is 2. The van der Waals surface area contributed by atoms with E-state index in [4.69, 9.17) is 21.4 Å². The molecule has 2 aromatic carbocycles. The number of aliphatic hydroxyl groups excluding tert-OH is 2. The highest BCUT2D eigenvalue weighted by Crippen LogP contribution is 2.40. The van der Waals surface area contributed by atoms with Gasteiger partial charge in [-0.05, 0) is 72.9 Å². The lowest BCUT2D eigenvalue weighted by Gasteiger charge is -2.31. The highest BCUT2D eigenvalue weighted by atomic mass is 35.5. The Hall–Kier alpha value is -3.86. The molecule has 0 radical (unpaired) electrons. The third-order valence-electron chi connectivity index (χ3n) is 7.83. The molecule has 230 valence electrons. The van der Waals surface area contributed by atoms with Crippen LogP contribution in [-0.2, 0) is 19.5 Å². The molecule has 1 aliphatic heterocycles. The van der Waals surface area contributed by atoms with Crippen LogP contribution in [0.3, 0.4) is 0 Å². The Morgan fingerprint density at radius 3 is 2.73 bits per heavy atom. The highest BCUT2D eigenvalue weighted by Gasteiger charge is 2.23. The number of nitrogens with zero attached hydrogens (tertiary/aromatic N) is 3. The molecular weight excluding hydrogens is 578 g/mol. The number of hydrogen-bond acceptors (Lipinski definition) is 8. The van der Waals surface area contributed by atoms with Crippen molar-refractivity contribution in [2.75, 3.05) is 38.7 Å². The van der Waals surface area contributed by atoms with E-state index in [1.807, 2.05) is 43.3 Å². The van der Waals surface area contributed by atoms with Gasteiger partial charge in [-0.1, -0.05) is 29.8 Å². The number of benzene rings is 2. The van der Waals surface area contributed by atoms with Gasteiger partial charge in [-0.15, -0.1) is 0 Å². The zero-order chi connectivity index (χ0) is 31.2. The summed E-state index contributed by atoms with van der Waals surface area (Å²) in [6, 6.07) is 15.3. The van der Waals surface area contributed by atoms with Crippen LogP contribution < -0.4 is 15.4 Å². The lowest BCUT2D eigenvalue weighted by molar-refractivity contribution is 0.102. The van der Waals surface area contributed by atoms with Gasteiger partial charge >= 0.3 is 0 Å². The van der Waals surface area contributed by atoms with Crippen molar-refractivity contribution in [3.05, 3.63) is 93.9 Å². The molecule has 0 spiro atoms. The van der Waals surface area contributed by atoms with Crippen LogP contribution in [0.1, 0.15) is 39.7 Å². The molecule has 1 amide bonds. The van der Waals surface area contributed by atoms with Crippen molar-refractivity contribution >= 4 is 23.2 Å². The number of pyridine rings is 2. The standard InChI is InChI=1S/C34H38ClN5O4/c1-21(42)19-40-13-10-24-15-25(16-31(44-3)28(24)20-40)33-32(35)27(9-11-37-33)26-5-4-6-29(22(26)2)39-34(43)30-8-7-23(18-38-30)17-36-12-14-41/h4-9,11,15-16,18,21,36,41-42H,10,12-14,17,19-20H2,1-3H3,(H,39,43)/t21-/m1/s1. The molecule has 0 bridgehead atoms. The lowest BCUT2D eigenvalue weighted by Crippen LogP contribution is -2.35. The zero-order valence-corrected chi connectivity index (χ0v) is 26.0. The summed E-state index contributed by atoms with van der Waals surface area (Å²) < 4.78 is 5.80. The number of halogens is 1. The molecule has 4 N–H and O–H groups in total. The van der Waals surface area contributed by atoms with Crippen LogP contribution in [-0.4, -0.2) is 70.4 Å². The molecule has 0 fully saturated rings. The van der Waals surface area contributed by atoms with Crippen molar-refractivity contribution in [1.29, 1.82) is 0 Å². The van der Waals surface area contributed by atoms with Gasteiger partial charge in [-0.25, -0.2) is 0 Å². The number of rotatable bonds is 11. The SMILES string of the molecule is COc1cc(-c2nccc(-c3cccc(NC(=O)c4ccc(CNCCO)cn4)c3C)c2Cl)cc2c1CN(C[C@@H](C)O)CC2. The largest absolute Gasteiger partial charge is 0.496 e. The van der Waals surface area contributed by atoms with Crippen LogP contribution in [0.4, 0.5) is 5.69 Å². The summed E-state index contributed by atoms with van der Waals surface area (Å²) in [5.74, 6) is 0.467. The van der Waals surface area contributed by atoms with E-state index in [0.717, 1.165) is 52.1 Å². The second-order valence-electron chi connectivity index (χ2n) is 11.1. The number of methoxy groups -OCH3 is 1.